The van der Waals surface area contributed by atoms with Gasteiger partial charge in [-0.05, 0) is 31.0 Å². The third kappa shape index (κ3) is 2.51. The number of nitrogens with zero attached hydrogens (tertiary/aromatic N) is 1. The van der Waals surface area contributed by atoms with Crippen LogP contribution in [0.4, 0.5) is 5.69 Å². The van der Waals surface area contributed by atoms with Crippen molar-refractivity contribution in [3.05, 3.63) is 23.2 Å². The van der Waals surface area contributed by atoms with Crippen molar-refractivity contribution in [3.8, 4) is 0 Å². The van der Waals surface area contributed by atoms with Crippen LogP contribution in [0.3, 0.4) is 0 Å². The van der Waals surface area contributed by atoms with Gasteiger partial charge in [-0.2, -0.15) is 0 Å². The molecule has 0 radical (unpaired) electrons. The van der Waals surface area contributed by atoms with Crippen molar-refractivity contribution in [2.24, 2.45) is 0 Å². The van der Waals surface area contributed by atoms with Gasteiger partial charge < -0.3 is 5.73 Å². The van der Waals surface area contributed by atoms with Gasteiger partial charge in [-0.1, -0.05) is 32.1 Å². The van der Waals surface area contributed by atoms with Gasteiger partial charge in [0.1, 0.15) is 0 Å². The molecule has 1 fully saturated rings. The van der Waals surface area contributed by atoms with Crippen LogP contribution in [0.1, 0.15) is 55.9 Å². The molecule has 0 saturated heterocycles. The number of benzene rings is 1. The van der Waals surface area contributed by atoms with Crippen molar-refractivity contribution in [1.82, 2.24) is 4.98 Å². The number of nitrogens with two attached hydrogens (primary N) is 1. The topological polar surface area (TPSA) is 38.9 Å². The van der Waals surface area contributed by atoms with Crippen molar-refractivity contribution in [3.63, 3.8) is 0 Å². The van der Waals surface area contributed by atoms with Crippen LogP contribution >= 0.6 is 11.3 Å². The van der Waals surface area contributed by atoms with Crippen LogP contribution in [-0.4, -0.2) is 4.98 Å². The molecule has 1 aromatic heterocycles. The van der Waals surface area contributed by atoms with Crippen LogP contribution in [0, 0.1) is 0 Å². The summed E-state index contributed by atoms with van der Waals surface area (Å²) in [4.78, 5) is 4.81. The fourth-order valence-electron chi connectivity index (χ4n) is 2.84. The molecule has 0 bridgehead atoms. The largest absolute Gasteiger partial charge is 0.399 e. The van der Waals surface area contributed by atoms with Crippen LogP contribution in [0.5, 0.6) is 0 Å². The standard InChI is InChI=1S/C15H20N2S/c16-12-8-9-13-14(10-12)18-15(17-13)11-6-4-2-1-3-5-7-11/h8-11H,1-7,16H2. The number of nitrogen functional groups attached to an aromatic ring is 1. The van der Waals surface area contributed by atoms with Gasteiger partial charge in [0.25, 0.3) is 0 Å². The van der Waals surface area contributed by atoms with E-state index < -0.39 is 0 Å². The quantitative estimate of drug-likeness (QED) is 0.754. The van der Waals surface area contributed by atoms with Crippen molar-refractivity contribution in [2.45, 2.75) is 50.9 Å². The normalized spacial score (nSPS) is 18.7. The highest BCUT2D eigenvalue weighted by Gasteiger charge is 2.17. The Hall–Kier alpha value is -1.09. The van der Waals surface area contributed by atoms with Crippen LogP contribution in [-0.2, 0) is 0 Å². The molecule has 1 aliphatic rings. The summed E-state index contributed by atoms with van der Waals surface area (Å²) >= 11 is 1.84. The Morgan fingerprint density at radius 2 is 1.78 bits per heavy atom. The van der Waals surface area contributed by atoms with E-state index in [1.54, 1.807) is 0 Å². The third-order valence-corrected chi connectivity index (χ3v) is 5.06. The SMILES string of the molecule is Nc1ccc2nc(C3CCCCCCC3)sc2c1. The first kappa shape index (κ1) is 12.0. The second kappa shape index (κ2) is 5.27. The molecule has 3 heteroatoms. The highest BCUT2D eigenvalue weighted by atomic mass is 32.1. The van der Waals surface area contributed by atoms with Gasteiger partial charge >= 0.3 is 0 Å². The summed E-state index contributed by atoms with van der Waals surface area (Å²) in [6.07, 6.45) is 9.57. The Kier molecular flexibility index (Phi) is 3.50. The summed E-state index contributed by atoms with van der Waals surface area (Å²) in [7, 11) is 0. The second-order valence-electron chi connectivity index (χ2n) is 5.32. The van der Waals surface area contributed by atoms with Gasteiger partial charge in [0.05, 0.1) is 15.2 Å². The Balaban J connectivity index is 1.87. The minimum atomic E-state index is 0.684. The third-order valence-electron chi connectivity index (χ3n) is 3.88. The monoisotopic (exact) mass is 260 g/mol. The lowest BCUT2D eigenvalue weighted by Gasteiger charge is -2.16. The van der Waals surface area contributed by atoms with E-state index >= 15 is 0 Å². The average Bonchev–Trinajstić information content (AvgIpc) is 2.71. The lowest BCUT2D eigenvalue weighted by molar-refractivity contribution is 0.455. The summed E-state index contributed by atoms with van der Waals surface area (Å²) in [6.45, 7) is 0. The van der Waals surface area contributed by atoms with E-state index in [4.69, 9.17) is 10.7 Å². The highest BCUT2D eigenvalue weighted by Crippen LogP contribution is 2.35. The van der Waals surface area contributed by atoms with E-state index in [9.17, 15) is 0 Å². The predicted molar refractivity (Wildman–Crippen MR) is 79.1 cm³/mol. The summed E-state index contributed by atoms with van der Waals surface area (Å²) in [5, 5.41) is 1.33. The molecule has 18 heavy (non-hydrogen) atoms. The number of hydrogen-bond acceptors (Lipinski definition) is 3. The smallest absolute Gasteiger partial charge is 0.0969 e. The maximum atomic E-state index is 5.84. The first-order valence-corrected chi connectivity index (χ1v) is 7.80. The molecule has 0 aliphatic heterocycles. The number of thiazole rings is 1. The van der Waals surface area contributed by atoms with Crippen LogP contribution in [0.15, 0.2) is 18.2 Å². The zero-order chi connectivity index (χ0) is 12.4. The molecule has 1 saturated carbocycles. The van der Waals surface area contributed by atoms with E-state index in [0.717, 1.165) is 11.2 Å². The van der Waals surface area contributed by atoms with E-state index in [-0.39, 0.29) is 0 Å². The Morgan fingerprint density at radius 1 is 1.06 bits per heavy atom. The summed E-state index contributed by atoms with van der Waals surface area (Å²) < 4.78 is 1.24. The molecule has 1 heterocycles. The summed E-state index contributed by atoms with van der Waals surface area (Å²) in [5.74, 6) is 0.684. The number of hydrogen-bond donors (Lipinski definition) is 1. The van der Waals surface area contributed by atoms with Gasteiger partial charge in [-0.25, -0.2) is 4.98 Å². The zero-order valence-corrected chi connectivity index (χ0v) is 11.5. The molecule has 3 rings (SSSR count). The predicted octanol–water partition coefficient (Wildman–Crippen LogP) is 4.71. The number of fused-ring (bicyclic) bond motifs is 1. The van der Waals surface area contributed by atoms with Crippen molar-refractivity contribution < 1.29 is 0 Å². The van der Waals surface area contributed by atoms with E-state index in [0.29, 0.717) is 5.92 Å². The Morgan fingerprint density at radius 3 is 2.56 bits per heavy atom. The molecule has 2 aromatic rings. The minimum absolute atomic E-state index is 0.684. The van der Waals surface area contributed by atoms with E-state index in [2.05, 4.69) is 6.07 Å². The molecule has 0 spiro atoms. The van der Waals surface area contributed by atoms with Crippen molar-refractivity contribution in [1.29, 1.82) is 0 Å². The first-order valence-electron chi connectivity index (χ1n) is 6.99. The number of aromatic nitrogens is 1. The fourth-order valence-corrected chi connectivity index (χ4v) is 4.02. The average molecular weight is 260 g/mol. The van der Waals surface area contributed by atoms with Crippen LogP contribution in [0.25, 0.3) is 10.2 Å². The van der Waals surface area contributed by atoms with Gasteiger partial charge in [-0.15, -0.1) is 11.3 Å². The second-order valence-corrected chi connectivity index (χ2v) is 6.38. The first-order chi connectivity index (χ1) is 8.83. The molecule has 2 nitrogen and oxygen atoms in total. The van der Waals surface area contributed by atoms with Gasteiger partial charge in [0.2, 0.25) is 0 Å². The lowest BCUT2D eigenvalue weighted by atomic mass is 9.92. The molecular weight excluding hydrogens is 240 g/mol. The maximum Gasteiger partial charge on any atom is 0.0969 e. The van der Waals surface area contributed by atoms with Gasteiger partial charge in [-0.3, -0.25) is 0 Å². The number of anilines is 1. The molecule has 1 aliphatic carbocycles. The van der Waals surface area contributed by atoms with Crippen molar-refractivity contribution in [2.75, 3.05) is 5.73 Å². The molecule has 2 N–H and O–H groups in total. The van der Waals surface area contributed by atoms with Crippen LogP contribution in [0.2, 0.25) is 0 Å². The lowest BCUT2D eigenvalue weighted by Crippen LogP contribution is -2.01. The van der Waals surface area contributed by atoms with Crippen LogP contribution < -0.4 is 5.73 Å². The Bertz CT molecular complexity index is 524. The molecule has 0 amide bonds. The minimum Gasteiger partial charge on any atom is -0.399 e. The Labute approximate surface area is 112 Å². The fraction of sp³-hybridized carbons (Fsp3) is 0.533. The van der Waals surface area contributed by atoms with Gasteiger partial charge in [0.15, 0.2) is 0 Å². The van der Waals surface area contributed by atoms with E-state index in [1.807, 2.05) is 23.5 Å². The molecule has 1 aromatic carbocycles. The molecule has 0 unspecified atom stereocenters. The van der Waals surface area contributed by atoms with E-state index in [1.165, 1.54) is 54.7 Å². The number of rotatable bonds is 1. The molecule has 0 atom stereocenters. The summed E-state index contributed by atoms with van der Waals surface area (Å²) in [5.41, 5.74) is 7.80. The maximum absolute atomic E-state index is 5.84. The molecular formula is C15H20N2S. The summed E-state index contributed by atoms with van der Waals surface area (Å²) in [6, 6.07) is 6.05. The van der Waals surface area contributed by atoms with Gasteiger partial charge in [0, 0.05) is 11.6 Å². The molecule has 96 valence electrons. The zero-order valence-electron chi connectivity index (χ0n) is 10.7. The van der Waals surface area contributed by atoms with Crippen molar-refractivity contribution >= 4 is 27.2 Å². The highest BCUT2D eigenvalue weighted by molar-refractivity contribution is 7.18.